The van der Waals surface area contributed by atoms with E-state index in [0.29, 0.717) is 38.7 Å². The molecule has 9 heteroatoms. The SMILES string of the molecule is N#C/C(=C\c1ccc(-c2ccc(F)cc2)o1)C(=O)Nc1ncc(Cc2ccc(Cl)cc2Cl)s1. The minimum atomic E-state index is -0.609. The van der Waals surface area contributed by atoms with Crippen molar-refractivity contribution < 1.29 is 13.6 Å². The van der Waals surface area contributed by atoms with E-state index in [2.05, 4.69) is 10.3 Å². The molecule has 0 aliphatic carbocycles. The fourth-order valence-electron chi connectivity index (χ4n) is 2.95. The summed E-state index contributed by atoms with van der Waals surface area (Å²) < 4.78 is 18.8. The molecule has 2 aromatic heterocycles. The molecule has 33 heavy (non-hydrogen) atoms. The Labute approximate surface area is 202 Å². The number of hydrogen-bond acceptors (Lipinski definition) is 5. The minimum Gasteiger partial charge on any atom is -0.457 e. The quantitative estimate of drug-likeness (QED) is 0.230. The van der Waals surface area contributed by atoms with E-state index < -0.39 is 5.91 Å². The van der Waals surface area contributed by atoms with Crippen molar-refractivity contribution in [3.8, 4) is 17.4 Å². The molecule has 0 bridgehead atoms. The monoisotopic (exact) mass is 497 g/mol. The molecule has 164 valence electrons. The van der Waals surface area contributed by atoms with Gasteiger partial charge >= 0.3 is 0 Å². The van der Waals surface area contributed by atoms with Crippen LogP contribution in [0.5, 0.6) is 0 Å². The Kier molecular flexibility index (Phi) is 6.90. The Morgan fingerprint density at radius 1 is 1.18 bits per heavy atom. The highest BCUT2D eigenvalue weighted by atomic mass is 35.5. The van der Waals surface area contributed by atoms with Gasteiger partial charge in [-0.1, -0.05) is 29.3 Å². The Morgan fingerprint density at radius 2 is 1.97 bits per heavy atom. The van der Waals surface area contributed by atoms with Crippen molar-refractivity contribution in [2.45, 2.75) is 6.42 Å². The van der Waals surface area contributed by atoms with Crippen LogP contribution in [0, 0.1) is 17.1 Å². The van der Waals surface area contributed by atoms with Crippen LogP contribution in [0.1, 0.15) is 16.2 Å². The van der Waals surface area contributed by atoms with Gasteiger partial charge in [0.25, 0.3) is 5.91 Å². The second-order valence-corrected chi connectivity index (χ2v) is 8.84. The van der Waals surface area contributed by atoms with Gasteiger partial charge in [0.05, 0.1) is 0 Å². The van der Waals surface area contributed by atoms with Crippen LogP contribution >= 0.6 is 34.5 Å². The van der Waals surface area contributed by atoms with Gasteiger partial charge in [-0.2, -0.15) is 5.26 Å². The summed E-state index contributed by atoms with van der Waals surface area (Å²) in [5, 5.41) is 13.5. The predicted molar refractivity (Wildman–Crippen MR) is 128 cm³/mol. The number of hydrogen-bond donors (Lipinski definition) is 1. The summed E-state index contributed by atoms with van der Waals surface area (Å²) in [7, 11) is 0. The smallest absolute Gasteiger partial charge is 0.268 e. The molecule has 1 N–H and O–H groups in total. The molecule has 0 atom stereocenters. The maximum Gasteiger partial charge on any atom is 0.268 e. The summed E-state index contributed by atoms with van der Waals surface area (Å²) in [4.78, 5) is 17.6. The number of benzene rings is 2. The Hall–Kier alpha value is -3.44. The molecule has 2 heterocycles. The lowest BCUT2D eigenvalue weighted by Gasteiger charge is -2.02. The van der Waals surface area contributed by atoms with Crippen molar-refractivity contribution in [1.29, 1.82) is 5.26 Å². The molecule has 2 aromatic carbocycles. The highest BCUT2D eigenvalue weighted by Gasteiger charge is 2.14. The van der Waals surface area contributed by atoms with Crippen LogP contribution in [0.3, 0.4) is 0 Å². The maximum atomic E-state index is 13.1. The van der Waals surface area contributed by atoms with Crippen LogP contribution in [0.15, 0.2) is 70.8 Å². The lowest BCUT2D eigenvalue weighted by molar-refractivity contribution is -0.112. The second kappa shape index (κ2) is 10.0. The summed E-state index contributed by atoms with van der Waals surface area (Å²) >= 11 is 13.4. The third-order valence-electron chi connectivity index (χ3n) is 4.56. The van der Waals surface area contributed by atoms with Gasteiger partial charge in [-0.25, -0.2) is 9.37 Å². The normalized spacial score (nSPS) is 11.3. The van der Waals surface area contributed by atoms with E-state index in [-0.39, 0.29) is 11.4 Å². The number of nitrogens with one attached hydrogen (secondary N) is 1. The van der Waals surface area contributed by atoms with Gasteiger partial charge < -0.3 is 4.42 Å². The summed E-state index contributed by atoms with van der Waals surface area (Å²) in [6.07, 6.45) is 3.51. The molecule has 5 nitrogen and oxygen atoms in total. The van der Waals surface area contributed by atoms with E-state index in [1.165, 1.54) is 29.5 Å². The zero-order valence-corrected chi connectivity index (χ0v) is 19.1. The largest absolute Gasteiger partial charge is 0.457 e. The molecule has 0 unspecified atom stereocenters. The van der Waals surface area contributed by atoms with Gasteiger partial charge in [0.1, 0.15) is 29.0 Å². The fraction of sp³-hybridized carbons (Fsp3) is 0.0417. The fourth-order valence-corrected chi connectivity index (χ4v) is 4.26. The molecular formula is C24H14Cl2FN3O2S. The first-order valence-corrected chi connectivity index (χ1v) is 11.2. The third-order valence-corrected chi connectivity index (χ3v) is 6.06. The van der Waals surface area contributed by atoms with E-state index >= 15 is 0 Å². The van der Waals surface area contributed by atoms with Crippen LogP contribution < -0.4 is 5.32 Å². The van der Waals surface area contributed by atoms with E-state index in [1.807, 2.05) is 12.1 Å². The first-order valence-electron chi connectivity index (χ1n) is 9.59. The summed E-state index contributed by atoms with van der Waals surface area (Å²) in [6, 6.07) is 16.3. The number of rotatable bonds is 6. The predicted octanol–water partition coefficient (Wildman–Crippen LogP) is 6.99. The molecule has 4 aromatic rings. The Balaban J connectivity index is 1.45. The number of aromatic nitrogens is 1. The minimum absolute atomic E-state index is 0.146. The number of anilines is 1. The average molecular weight is 498 g/mol. The van der Waals surface area contributed by atoms with Gasteiger partial charge in [0.2, 0.25) is 0 Å². The lowest BCUT2D eigenvalue weighted by atomic mass is 10.1. The molecule has 1 amide bonds. The van der Waals surface area contributed by atoms with E-state index in [4.69, 9.17) is 27.6 Å². The average Bonchev–Trinajstić information content (AvgIpc) is 3.44. The highest BCUT2D eigenvalue weighted by molar-refractivity contribution is 7.15. The van der Waals surface area contributed by atoms with Crippen molar-refractivity contribution in [2.75, 3.05) is 5.32 Å². The van der Waals surface area contributed by atoms with Crippen LogP contribution in [0.2, 0.25) is 10.0 Å². The van der Waals surface area contributed by atoms with E-state index in [0.717, 1.165) is 10.4 Å². The first-order chi connectivity index (χ1) is 15.9. The summed E-state index contributed by atoms with van der Waals surface area (Å²) in [5.74, 6) is -0.152. The molecule has 0 saturated carbocycles. The van der Waals surface area contributed by atoms with Crippen LogP contribution in [0.4, 0.5) is 9.52 Å². The number of halogens is 3. The topological polar surface area (TPSA) is 78.9 Å². The van der Waals surface area contributed by atoms with Crippen LogP contribution in [-0.2, 0) is 11.2 Å². The number of amides is 1. The molecule has 0 aliphatic rings. The molecule has 0 aliphatic heterocycles. The molecule has 4 rings (SSSR count). The van der Waals surface area contributed by atoms with Gasteiger partial charge in [-0.05, 0) is 54.1 Å². The molecule has 0 radical (unpaired) electrons. The third kappa shape index (κ3) is 5.68. The zero-order valence-electron chi connectivity index (χ0n) is 16.8. The zero-order chi connectivity index (χ0) is 23.4. The van der Waals surface area contributed by atoms with Crippen molar-refractivity contribution in [3.63, 3.8) is 0 Å². The molecular weight excluding hydrogens is 484 g/mol. The van der Waals surface area contributed by atoms with E-state index in [1.54, 1.807) is 42.6 Å². The number of thiazole rings is 1. The standard InChI is InChI=1S/C24H14Cl2FN3O2S/c25-17-4-1-15(21(26)11-17)10-20-13-29-24(33-20)30-23(31)16(12-28)9-19-7-8-22(32-19)14-2-5-18(27)6-3-14/h1-9,11,13H,10H2,(H,29,30,31)/b16-9+. The highest BCUT2D eigenvalue weighted by Crippen LogP contribution is 2.27. The Morgan fingerprint density at radius 3 is 2.70 bits per heavy atom. The van der Waals surface area contributed by atoms with Crippen molar-refractivity contribution in [3.05, 3.63) is 98.4 Å². The number of nitriles is 1. The molecule has 0 saturated heterocycles. The van der Waals surface area contributed by atoms with Crippen LogP contribution in [0.25, 0.3) is 17.4 Å². The van der Waals surface area contributed by atoms with E-state index in [9.17, 15) is 14.4 Å². The number of carbonyl (C=O) groups is 1. The number of nitrogens with zero attached hydrogens (tertiary/aromatic N) is 2. The van der Waals surface area contributed by atoms with Crippen molar-refractivity contribution in [2.24, 2.45) is 0 Å². The van der Waals surface area contributed by atoms with Gasteiger partial charge in [0, 0.05) is 39.2 Å². The number of carbonyl (C=O) groups excluding carboxylic acids is 1. The molecule has 0 spiro atoms. The van der Waals surface area contributed by atoms with Gasteiger partial charge in [-0.15, -0.1) is 11.3 Å². The van der Waals surface area contributed by atoms with Crippen molar-refractivity contribution >= 4 is 51.7 Å². The Bertz CT molecular complexity index is 1390. The van der Waals surface area contributed by atoms with Crippen molar-refractivity contribution in [1.82, 2.24) is 4.98 Å². The van der Waals surface area contributed by atoms with Crippen LogP contribution in [-0.4, -0.2) is 10.9 Å². The summed E-state index contributed by atoms with van der Waals surface area (Å²) in [6.45, 7) is 0. The lowest BCUT2D eigenvalue weighted by Crippen LogP contribution is -2.13. The first kappa shape index (κ1) is 22.7. The molecule has 0 fully saturated rings. The van der Waals surface area contributed by atoms with Gasteiger partial charge in [-0.3, -0.25) is 10.1 Å². The summed E-state index contributed by atoms with van der Waals surface area (Å²) in [5.41, 5.74) is 1.41. The number of furan rings is 1. The second-order valence-electron chi connectivity index (χ2n) is 6.88. The maximum absolute atomic E-state index is 13.1. The van der Waals surface area contributed by atoms with Gasteiger partial charge in [0.15, 0.2) is 5.13 Å².